The molecule has 0 amide bonds. The van der Waals surface area contributed by atoms with E-state index in [0.29, 0.717) is 17.7 Å². The highest BCUT2D eigenvalue weighted by Gasteiger charge is 2.47. The van der Waals surface area contributed by atoms with E-state index in [0.717, 1.165) is 37.4 Å². The van der Waals surface area contributed by atoms with Crippen molar-refractivity contribution in [1.82, 2.24) is 4.90 Å². The molecule has 4 aliphatic rings. The third-order valence-corrected chi connectivity index (χ3v) is 6.12. The van der Waals surface area contributed by atoms with Crippen LogP contribution < -0.4 is 9.47 Å². The van der Waals surface area contributed by atoms with Gasteiger partial charge >= 0.3 is 0 Å². The molecule has 4 atom stereocenters. The van der Waals surface area contributed by atoms with Crippen LogP contribution in [0, 0.1) is 5.92 Å². The van der Waals surface area contributed by atoms with Gasteiger partial charge < -0.3 is 19.3 Å². The minimum atomic E-state index is -0.603. The number of hydrogen-bond donors (Lipinski definition) is 1. The van der Waals surface area contributed by atoms with Crippen LogP contribution in [0.5, 0.6) is 11.5 Å². The molecule has 1 aromatic carbocycles. The third-order valence-electron chi connectivity index (χ3n) is 6.12. The largest absolute Gasteiger partial charge is 0.499 e. The summed E-state index contributed by atoms with van der Waals surface area (Å²) in [6.07, 6.45) is 4.92. The van der Waals surface area contributed by atoms with Crippen LogP contribution in [0.1, 0.15) is 29.9 Å². The van der Waals surface area contributed by atoms with Crippen molar-refractivity contribution in [1.29, 1.82) is 0 Å². The van der Waals surface area contributed by atoms with E-state index in [4.69, 9.17) is 14.2 Å². The molecule has 5 heteroatoms. The second-order valence-corrected chi connectivity index (χ2v) is 7.23. The zero-order valence-electron chi connectivity index (χ0n) is 13.9. The van der Waals surface area contributed by atoms with Crippen LogP contribution in [0.4, 0.5) is 0 Å². The molecule has 3 heterocycles. The van der Waals surface area contributed by atoms with Crippen molar-refractivity contribution in [3.8, 4) is 11.5 Å². The molecule has 0 spiro atoms. The molecule has 128 valence electrons. The fourth-order valence-electron chi connectivity index (χ4n) is 5.06. The van der Waals surface area contributed by atoms with E-state index in [2.05, 4.69) is 23.1 Å². The van der Waals surface area contributed by atoms with Gasteiger partial charge in [0.2, 0.25) is 6.79 Å². The molecule has 0 bridgehead atoms. The number of benzene rings is 1. The van der Waals surface area contributed by atoms with Crippen LogP contribution >= 0.6 is 0 Å². The van der Waals surface area contributed by atoms with Crippen LogP contribution in [0.3, 0.4) is 0 Å². The van der Waals surface area contributed by atoms with Crippen molar-refractivity contribution in [3.63, 3.8) is 0 Å². The highest BCUT2D eigenvalue weighted by molar-refractivity contribution is 5.52. The molecule has 0 aromatic heterocycles. The van der Waals surface area contributed by atoms with Crippen LogP contribution in [0.25, 0.3) is 0 Å². The molecule has 3 aliphatic heterocycles. The number of fused-ring (bicyclic) bond motifs is 3. The Hall–Kier alpha value is -1.72. The Kier molecular flexibility index (Phi) is 3.28. The summed E-state index contributed by atoms with van der Waals surface area (Å²) in [4.78, 5) is 2.57. The summed E-state index contributed by atoms with van der Waals surface area (Å²) < 4.78 is 16.7. The molecule has 0 saturated carbocycles. The Balaban J connectivity index is 1.67. The Morgan fingerprint density at radius 2 is 2.04 bits per heavy atom. The van der Waals surface area contributed by atoms with Gasteiger partial charge in [-0.25, -0.2) is 0 Å². The van der Waals surface area contributed by atoms with E-state index in [1.54, 1.807) is 7.11 Å². The standard InChI is InChI=1S/C19H23NO4/c1-22-16-8-12-3-2-5-20-6-4-11-7-14-15(24-10-23-14)9-13(11)17(18(12)20)19(16)21/h7-9,12,17-19,21H,2-6,10H2,1H3/t12?,17-,18?,19+/m0/s1. The van der Waals surface area contributed by atoms with Gasteiger partial charge in [0, 0.05) is 18.5 Å². The van der Waals surface area contributed by atoms with Gasteiger partial charge in [0.25, 0.3) is 0 Å². The number of rotatable bonds is 1. The van der Waals surface area contributed by atoms with E-state index in [9.17, 15) is 5.11 Å². The molecule has 1 aliphatic carbocycles. The minimum absolute atomic E-state index is 0.0299. The SMILES string of the molecule is COC1=CC2CCCN3CCc4cc5c(cc4[C@@H](C23)[C@@H]1O)OCO5. The molecule has 1 aromatic rings. The van der Waals surface area contributed by atoms with Gasteiger partial charge in [-0.05, 0) is 61.1 Å². The minimum Gasteiger partial charge on any atom is -0.499 e. The summed E-state index contributed by atoms with van der Waals surface area (Å²) in [5.74, 6) is 2.82. The topological polar surface area (TPSA) is 51.2 Å². The molecule has 5 nitrogen and oxygen atoms in total. The van der Waals surface area contributed by atoms with Crippen molar-refractivity contribution < 1.29 is 19.3 Å². The lowest BCUT2D eigenvalue weighted by Crippen LogP contribution is -2.53. The number of methoxy groups -OCH3 is 1. The fraction of sp³-hybridized carbons (Fsp3) is 0.579. The number of hydrogen-bond acceptors (Lipinski definition) is 5. The number of nitrogens with zero attached hydrogens (tertiary/aromatic N) is 1. The summed E-state index contributed by atoms with van der Waals surface area (Å²) in [5, 5.41) is 11.0. The average Bonchev–Trinajstić information content (AvgIpc) is 2.99. The van der Waals surface area contributed by atoms with E-state index in [1.807, 2.05) is 0 Å². The van der Waals surface area contributed by atoms with E-state index < -0.39 is 6.10 Å². The molecular formula is C19H23NO4. The van der Waals surface area contributed by atoms with Gasteiger partial charge in [-0.1, -0.05) is 0 Å². The normalized spacial score (nSPS) is 34.0. The number of aliphatic hydroxyl groups is 1. The van der Waals surface area contributed by atoms with Gasteiger partial charge in [0.15, 0.2) is 11.5 Å². The Labute approximate surface area is 141 Å². The molecule has 2 unspecified atom stereocenters. The Morgan fingerprint density at radius 3 is 2.88 bits per heavy atom. The summed E-state index contributed by atoms with van der Waals surface area (Å²) >= 11 is 0. The van der Waals surface area contributed by atoms with E-state index in [1.165, 1.54) is 17.5 Å². The second kappa shape index (κ2) is 5.39. The van der Waals surface area contributed by atoms with Crippen LogP contribution in [-0.4, -0.2) is 49.1 Å². The van der Waals surface area contributed by atoms with E-state index in [-0.39, 0.29) is 12.7 Å². The van der Waals surface area contributed by atoms with Gasteiger partial charge in [0.05, 0.1) is 7.11 Å². The van der Waals surface area contributed by atoms with Crippen LogP contribution in [-0.2, 0) is 11.2 Å². The van der Waals surface area contributed by atoms with Crippen molar-refractivity contribution in [2.24, 2.45) is 5.92 Å². The van der Waals surface area contributed by atoms with Crippen molar-refractivity contribution in [3.05, 3.63) is 35.1 Å². The number of ether oxygens (including phenoxy) is 3. The molecule has 1 saturated heterocycles. The molecule has 1 fully saturated rings. The van der Waals surface area contributed by atoms with Crippen molar-refractivity contribution >= 4 is 0 Å². The van der Waals surface area contributed by atoms with Gasteiger partial charge in [-0.3, -0.25) is 4.90 Å². The van der Waals surface area contributed by atoms with Crippen LogP contribution in [0.2, 0.25) is 0 Å². The maximum atomic E-state index is 11.0. The molecule has 0 radical (unpaired) electrons. The maximum absolute atomic E-state index is 11.0. The van der Waals surface area contributed by atoms with Crippen molar-refractivity contribution in [2.45, 2.75) is 37.3 Å². The quantitative estimate of drug-likeness (QED) is 0.854. The first-order chi connectivity index (χ1) is 11.8. The zero-order chi connectivity index (χ0) is 16.3. The van der Waals surface area contributed by atoms with Crippen molar-refractivity contribution in [2.75, 3.05) is 27.0 Å². The maximum Gasteiger partial charge on any atom is 0.231 e. The lowest BCUT2D eigenvalue weighted by atomic mass is 9.71. The molecule has 24 heavy (non-hydrogen) atoms. The predicted molar refractivity (Wildman–Crippen MR) is 88.2 cm³/mol. The Morgan fingerprint density at radius 1 is 1.21 bits per heavy atom. The summed E-state index contributed by atoms with van der Waals surface area (Å²) in [6, 6.07) is 4.55. The fourth-order valence-corrected chi connectivity index (χ4v) is 5.06. The van der Waals surface area contributed by atoms with E-state index >= 15 is 0 Å². The predicted octanol–water partition coefficient (Wildman–Crippen LogP) is 2.04. The van der Waals surface area contributed by atoms with Gasteiger partial charge in [-0.2, -0.15) is 0 Å². The zero-order valence-corrected chi connectivity index (χ0v) is 13.9. The first kappa shape index (κ1) is 14.6. The lowest BCUT2D eigenvalue weighted by molar-refractivity contribution is 0.0130. The first-order valence-electron chi connectivity index (χ1n) is 8.86. The molecule has 1 N–H and O–H groups in total. The second-order valence-electron chi connectivity index (χ2n) is 7.23. The molecule has 5 rings (SSSR count). The lowest BCUT2D eigenvalue weighted by Gasteiger charge is -2.47. The number of piperidine rings is 1. The number of aliphatic hydroxyl groups excluding tert-OH is 1. The molecular weight excluding hydrogens is 306 g/mol. The summed E-state index contributed by atoms with van der Waals surface area (Å²) in [5.41, 5.74) is 2.47. The highest BCUT2D eigenvalue weighted by Crippen LogP contribution is 2.48. The Bertz CT molecular complexity index is 701. The van der Waals surface area contributed by atoms with Gasteiger partial charge in [-0.15, -0.1) is 0 Å². The monoisotopic (exact) mass is 329 g/mol. The third kappa shape index (κ3) is 2.01. The highest BCUT2D eigenvalue weighted by atomic mass is 16.7. The average molecular weight is 329 g/mol. The van der Waals surface area contributed by atoms with Gasteiger partial charge in [0.1, 0.15) is 11.9 Å². The summed E-state index contributed by atoms with van der Waals surface area (Å²) in [6.45, 7) is 2.43. The van der Waals surface area contributed by atoms with Crippen LogP contribution in [0.15, 0.2) is 24.0 Å². The first-order valence-corrected chi connectivity index (χ1v) is 8.86. The summed E-state index contributed by atoms with van der Waals surface area (Å²) in [7, 11) is 1.66. The smallest absolute Gasteiger partial charge is 0.231 e.